The molecule has 2 aliphatic rings. The molecule has 4 rings (SSSR count). The van der Waals surface area contributed by atoms with Gasteiger partial charge in [0.15, 0.2) is 0 Å². The van der Waals surface area contributed by atoms with Crippen LogP contribution >= 0.6 is 11.6 Å². The van der Waals surface area contributed by atoms with Gasteiger partial charge in [0.05, 0.1) is 16.2 Å². The van der Waals surface area contributed by atoms with Gasteiger partial charge in [-0.25, -0.2) is 4.39 Å². The molecule has 2 aromatic carbocycles. The van der Waals surface area contributed by atoms with Gasteiger partial charge < -0.3 is 5.11 Å². The molecule has 0 aromatic heterocycles. The van der Waals surface area contributed by atoms with Crippen LogP contribution in [0.5, 0.6) is 5.75 Å². The first kappa shape index (κ1) is 21.4. The van der Waals surface area contributed by atoms with Crippen LogP contribution in [0.25, 0.3) is 0 Å². The molecule has 0 bridgehead atoms. The Labute approximate surface area is 181 Å². The molecule has 1 N–H and O–H groups in total. The van der Waals surface area contributed by atoms with E-state index < -0.39 is 21.6 Å². The van der Waals surface area contributed by atoms with E-state index in [0.717, 1.165) is 5.56 Å². The van der Waals surface area contributed by atoms with Gasteiger partial charge in [0.1, 0.15) is 11.6 Å². The van der Waals surface area contributed by atoms with Gasteiger partial charge in [-0.3, -0.25) is 9.21 Å². The first-order chi connectivity index (χ1) is 14.1. The lowest BCUT2D eigenvalue weighted by Gasteiger charge is -2.47. The van der Waals surface area contributed by atoms with Crippen molar-refractivity contribution in [3.05, 3.63) is 58.9 Å². The van der Waals surface area contributed by atoms with Crippen molar-refractivity contribution in [2.75, 3.05) is 24.4 Å². The first-order valence-electron chi connectivity index (χ1n) is 9.86. The van der Waals surface area contributed by atoms with Crippen molar-refractivity contribution in [3.63, 3.8) is 0 Å². The summed E-state index contributed by atoms with van der Waals surface area (Å²) in [6.45, 7) is 3.79. The van der Waals surface area contributed by atoms with Crippen molar-refractivity contribution in [2.45, 2.75) is 37.9 Å². The maximum atomic E-state index is 13.9. The van der Waals surface area contributed by atoms with Crippen molar-refractivity contribution in [2.24, 2.45) is 0 Å². The summed E-state index contributed by atoms with van der Waals surface area (Å²) in [5.74, 6) is -0.405. The molecule has 2 fully saturated rings. The summed E-state index contributed by atoms with van der Waals surface area (Å²) < 4.78 is 42.9. The molecule has 2 saturated heterocycles. The zero-order valence-corrected chi connectivity index (χ0v) is 18.5. The SMILES string of the molecule is C[C@H]1C[C@]2(CCN1Cc1ccc(O)c(Cl)c1)CN(C)S(=O)(=O)N2c1cccc(F)c1. The van der Waals surface area contributed by atoms with Crippen LogP contribution in [-0.2, 0) is 16.8 Å². The minimum Gasteiger partial charge on any atom is -0.506 e. The van der Waals surface area contributed by atoms with E-state index in [9.17, 15) is 17.9 Å². The number of anilines is 1. The summed E-state index contributed by atoms with van der Waals surface area (Å²) in [7, 11) is -2.14. The fraction of sp³-hybridized carbons (Fsp3) is 0.429. The Morgan fingerprint density at radius 1 is 1.27 bits per heavy atom. The van der Waals surface area contributed by atoms with Crippen LogP contribution in [0.4, 0.5) is 10.1 Å². The van der Waals surface area contributed by atoms with E-state index in [-0.39, 0.29) is 11.8 Å². The number of aromatic hydroxyl groups is 1. The summed E-state index contributed by atoms with van der Waals surface area (Å²) >= 11 is 6.04. The molecule has 2 aliphatic heterocycles. The fourth-order valence-electron chi connectivity index (χ4n) is 4.75. The minimum atomic E-state index is -3.72. The Morgan fingerprint density at radius 2 is 2.03 bits per heavy atom. The third-order valence-corrected chi connectivity index (χ3v) is 8.46. The highest BCUT2D eigenvalue weighted by Crippen LogP contribution is 2.44. The Balaban J connectivity index is 1.61. The number of phenols is 1. The van der Waals surface area contributed by atoms with Crippen LogP contribution < -0.4 is 4.31 Å². The maximum Gasteiger partial charge on any atom is 0.304 e. The molecule has 6 nitrogen and oxygen atoms in total. The smallest absolute Gasteiger partial charge is 0.304 e. The number of likely N-dealkylation sites (tertiary alicyclic amines) is 1. The zero-order valence-electron chi connectivity index (χ0n) is 16.9. The summed E-state index contributed by atoms with van der Waals surface area (Å²) in [4.78, 5) is 2.28. The van der Waals surface area contributed by atoms with Crippen molar-refractivity contribution in [1.82, 2.24) is 9.21 Å². The fourth-order valence-corrected chi connectivity index (χ4v) is 6.73. The molecule has 9 heteroatoms. The lowest BCUT2D eigenvalue weighted by molar-refractivity contribution is 0.100. The predicted octanol–water partition coefficient (Wildman–Crippen LogP) is 3.60. The van der Waals surface area contributed by atoms with Crippen molar-refractivity contribution < 1.29 is 17.9 Å². The number of nitrogens with zero attached hydrogens (tertiary/aromatic N) is 3. The van der Waals surface area contributed by atoms with Crippen molar-refractivity contribution >= 4 is 27.5 Å². The summed E-state index contributed by atoms with van der Waals surface area (Å²) in [5, 5.41) is 9.95. The highest BCUT2D eigenvalue weighted by Gasteiger charge is 2.55. The number of piperidine rings is 1. The Hall–Kier alpha value is -1.87. The van der Waals surface area contributed by atoms with Crippen molar-refractivity contribution in [3.8, 4) is 5.75 Å². The number of likely N-dealkylation sites (N-methyl/N-ethyl adjacent to an activating group) is 1. The quantitative estimate of drug-likeness (QED) is 0.771. The molecule has 30 heavy (non-hydrogen) atoms. The van der Waals surface area contributed by atoms with E-state index in [2.05, 4.69) is 11.8 Å². The van der Waals surface area contributed by atoms with E-state index in [1.807, 2.05) is 6.07 Å². The van der Waals surface area contributed by atoms with Crippen LogP contribution in [0.15, 0.2) is 42.5 Å². The van der Waals surface area contributed by atoms with Gasteiger partial charge in [-0.2, -0.15) is 12.7 Å². The third-order valence-electron chi connectivity index (χ3n) is 6.18. The summed E-state index contributed by atoms with van der Waals surface area (Å²) in [6.07, 6.45) is 1.25. The average Bonchev–Trinajstić information content (AvgIpc) is 2.85. The summed E-state index contributed by atoms with van der Waals surface area (Å²) in [5.41, 5.74) is 0.730. The standard InChI is InChI=1S/C21H25ClFN3O3S/c1-15-12-21(8-9-25(15)13-16-6-7-20(27)19(22)10-16)14-24(2)30(28,29)26(21)18-5-3-4-17(23)11-18/h3-7,10-11,15,27H,8-9,12-14H2,1-2H3/t15-,21+/m0/s1. The van der Waals surface area contributed by atoms with E-state index in [1.54, 1.807) is 31.3 Å². The van der Waals surface area contributed by atoms with Crippen LogP contribution in [0, 0.1) is 5.82 Å². The van der Waals surface area contributed by atoms with E-state index >= 15 is 0 Å². The molecule has 2 atom stereocenters. The molecule has 0 saturated carbocycles. The lowest BCUT2D eigenvalue weighted by atomic mass is 9.82. The summed E-state index contributed by atoms with van der Waals surface area (Å²) in [6, 6.07) is 11.1. The van der Waals surface area contributed by atoms with Crippen LogP contribution in [0.2, 0.25) is 5.02 Å². The molecule has 0 unspecified atom stereocenters. The van der Waals surface area contributed by atoms with Gasteiger partial charge in [0, 0.05) is 32.7 Å². The predicted molar refractivity (Wildman–Crippen MR) is 115 cm³/mol. The van der Waals surface area contributed by atoms with Crippen LogP contribution in [0.1, 0.15) is 25.3 Å². The monoisotopic (exact) mass is 453 g/mol. The van der Waals surface area contributed by atoms with Gasteiger partial charge in [0.25, 0.3) is 0 Å². The highest BCUT2D eigenvalue weighted by atomic mass is 35.5. The van der Waals surface area contributed by atoms with Gasteiger partial charge in [-0.05, 0) is 55.7 Å². The molecule has 162 valence electrons. The van der Waals surface area contributed by atoms with E-state index in [1.165, 1.54) is 20.7 Å². The minimum absolute atomic E-state index is 0.0518. The third kappa shape index (κ3) is 3.66. The highest BCUT2D eigenvalue weighted by molar-refractivity contribution is 7.90. The zero-order chi connectivity index (χ0) is 21.7. The topological polar surface area (TPSA) is 64.1 Å². The van der Waals surface area contributed by atoms with Gasteiger partial charge in [-0.15, -0.1) is 0 Å². The number of hydrogen-bond donors (Lipinski definition) is 1. The molecule has 0 aliphatic carbocycles. The van der Waals surface area contributed by atoms with Crippen molar-refractivity contribution in [1.29, 1.82) is 0 Å². The number of benzene rings is 2. The van der Waals surface area contributed by atoms with E-state index in [4.69, 9.17) is 11.6 Å². The maximum absolute atomic E-state index is 13.9. The van der Waals surface area contributed by atoms with Gasteiger partial charge in [-0.1, -0.05) is 23.7 Å². The number of hydrogen-bond acceptors (Lipinski definition) is 4. The first-order valence-corrected chi connectivity index (χ1v) is 11.6. The average molecular weight is 454 g/mol. The number of rotatable bonds is 3. The molecule has 1 spiro atoms. The second-order valence-corrected chi connectivity index (χ2v) is 10.6. The van der Waals surface area contributed by atoms with Crippen LogP contribution in [-0.4, -0.2) is 54.4 Å². The lowest BCUT2D eigenvalue weighted by Crippen LogP contribution is -2.57. The molecule has 2 aromatic rings. The molecule has 2 heterocycles. The second-order valence-electron chi connectivity index (χ2n) is 8.29. The van der Waals surface area contributed by atoms with E-state index in [0.29, 0.717) is 43.2 Å². The Kier molecular flexibility index (Phi) is 5.47. The normalized spacial score (nSPS) is 27.1. The number of phenolic OH excluding ortho intramolecular Hbond substituents is 1. The van der Waals surface area contributed by atoms with Crippen LogP contribution in [0.3, 0.4) is 0 Å². The number of halogens is 2. The molecule has 0 radical (unpaired) electrons. The van der Waals surface area contributed by atoms with Gasteiger partial charge in [0.2, 0.25) is 0 Å². The molecule has 0 amide bonds. The second kappa shape index (κ2) is 7.67. The Bertz CT molecular complexity index is 1070. The largest absolute Gasteiger partial charge is 0.506 e. The molecular weight excluding hydrogens is 429 g/mol. The van der Waals surface area contributed by atoms with Gasteiger partial charge >= 0.3 is 10.2 Å². The Morgan fingerprint density at radius 3 is 2.70 bits per heavy atom. The molecular formula is C21H25ClFN3O3S.